The summed E-state index contributed by atoms with van der Waals surface area (Å²) in [4.78, 5) is 4.42. The van der Waals surface area contributed by atoms with Gasteiger partial charge in [0.2, 0.25) is 0 Å². The Kier molecular flexibility index (Phi) is 7.22. The molecule has 0 saturated carbocycles. The van der Waals surface area contributed by atoms with Gasteiger partial charge in [-0.05, 0) is 31.5 Å². The summed E-state index contributed by atoms with van der Waals surface area (Å²) < 4.78 is 0. The lowest BCUT2D eigenvalue weighted by atomic mass is 10.0. The Hall–Kier alpha value is -0.600. The molecule has 1 aromatic heterocycles. The number of unbranched alkanes of at least 4 members (excludes halogenated alkanes) is 2. The van der Waals surface area contributed by atoms with Gasteiger partial charge >= 0.3 is 0 Å². The van der Waals surface area contributed by atoms with E-state index in [1.165, 1.54) is 19.3 Å². The molecule has 2 nitrogen and oxygen atoms in total. The molecule has 0 aromatic carbocycles. The first-order chi connectivity index (χ1) is 8.27. The van der Waals surface area contributed by atoms with Gasteiger partial charge in [0.05, 0.1) is 10.7 Å². The lowest BCUT2D eigenvalue weighted by Crippen LogP contribution is -2.23. The fraction of sp³-hybridized carbons (Fsp3) is 0.643. The van der Waals surface area contributed by atoms with Gasteiger partial charge in [0, 0.05) is 12.2 Å². The minimum absolute atomic E-state index is 0.374. The monoisotopic (exact) mass is 254 g/mol. The molecule has 0 amide bonds. The molecule has 0 saturated heterocycles. The molecule has 0 fully saturated rings. The molecule has 96 valence electrons. The van der Waals surface area contributed by atoms with Gasteiger partial charge in [0.25, 0.3) is 0 Å². The standard InChI is InChI=1S/C14H23ClN2/c1-3-5-6-7-13(16-10-4-2)14-9-8-12(15)11-17-14/h8-9,11,13,16H,3-7,10H2,1-2H3. The summed E-state index contributed by atoms with van der Waals surface area (Å²) in [5.74, 6) is 0. The fourth-order valence-electron chi connectivity index (χ4n) is 1.86. The molecule has 0 aliphatic carbocycles. The highest BCUT2D eigenvalue weighted by molar-refractivity contribution is 6.30. The second-order valence-corrected chi connectivity index (χ2v) is 4.84. The van der Waals surface area contributed by atoms with Crippen LogP contribution in [0.3, 0.4) is 0 Å². The third-order valence-electron chi connectivity index (χ3n) is 2.84. The predicted octanol–water partition coefficient (Wildman–Crippen LogP) is 4.36. The van der Waals surface area contributed by atoms with Crippen molar-refractivity contribution in [2.75, 3.05) is 6.54 Å². The van der Waals surface area contributed by atoms with Gasteiger partial charge in [-0.2, -0.15) is 0 Å². The maximum Gasteiger partial charge on any atom is 0.0589 e. The second kappa shape index (κ2) is 8.48. The zero-order valence-corrected chi connectivity index (χ0v) is 11.6. The van der Waals surface area contributed by atoms with Gasteiger partial charge in [0.15, 0.2) is 0 Å². The normalized spacial score (nSPS) is 12.6. The first kappa shape index (κ1) is 14.5. The average Bonchev–Trinajstić information content (AvgIpc) is 2.35. The van der Waals surface area contributed by atoms with Crippen molar-refractivity contribution >= 4 is 11.6 Å². The Morgan fingerprint density at radius 1 is 1.24 bits per heavy atom. The smallest absolute Gasteiger partial charge is 0.0589 e. The Labute approximate surface area is 110 Å². The molecule has 0 spiro atoms. The van der Waals surface area contributed by atoms with Gasteiger partial charge in [0.1, 0.15) is 0 Å². The number of nitrogens with one attached hydrogen (secondary N) is 1. The second-order valence-electron chi connectivity index (χ2n) is 4.40. The van der Waals surface area contributed by atoms with E-state index in [9.17, 15) is 0 Å². The van der Waals surface area contributed by atoms with Crippen molar-refractivity contribution in [2.45, 2.75) is 52.0 Å². The van der Waals surface area contributed by atoms with Crippen LogP contribution < -0.4 is 5.32 Å². The number of rotatable bonds is 8. The highest BCUT2D eigenvalue weighted by atomic mass is 35.5. The topological polar surface area (TPSA) is 24.9 Å². The summed E-state index contributed by atoms with van der Waals surface area (Å²) >= 11 is 5.86. The first-order valence-corrected chi connectivity index (χ1v) is 7.00. The van der Waals surface area contributed by atoms with Crippen LogP contribution in [0.15, 0.2) is 18.3 Å². The van der Waals surface area contributed by atoms with Crippen molar-refractivity contribution in [2.24, 2.45) is 0 Å². The van der Waals surface area contributed by atoms with Crippen LogP contribution in [0.4, 0.5) is 0 Å². The summed E-state index contributed by atoms with van der Waals surface area (Å²) in [6.07, 6.45) is 7.84. The number of hydrogen-bond donors (Lipinski definition) is 1. The third kappa shape index (κ3) is 5.51. The highest BCUT2D eigenvalue weighted by Crippen LogP contribution is 2.19. The van der Waals surface area contributed by atoms with Gasteiger partial charge in [-0.15, -0.1) is 0 Å². The lowest BCUT2D eigenvalue weighted by molar-refractivity contribution is 0.465. The molecular formula is C14H23ClN2. The minimum Gasteiger partial charge on any atom is -0.309 e. The van der Waals surface area contributed by atoms with E-state index in [-0.39, 0.29) is 0 Å². The van der Waals surface area contributed by atoms with Crippen LogP contribution in [-0.2, 0) is 0 Å². The van der Waals surface area contributed by atoms with Crippen molar-refractivity contribution in [3.63, 3.8) is 0 Å². The molecule has 17 heavy (non-hydrogen) atoms. The maximum absolute atomic E-state index is 5.86. The number of nitrogens with zero attached hydrogens (tertiary/aromatic N) is 1. The van der Waals surface area contributed by atoms with E-state index in [2.05, 4.69) is 24.1 Å². The van der Waals surface area contributed by atoms with Gasteiger partial charge in [-0.3, -0.25) is 4.98 Å². The minimum atomic E-state index is 0.374. The maximum atomic E-state index is 5.86. The summed E-state index contributed by atoms with van der Waals surface area (Å²) in [6.45, 7) is 5.46. The van der Waals surface area contributed by atoms with Gasteiger partial charge in [-0.1, -0.05) is 44.7 Å². The van der Waals surface area contributed by atoms with Crippen molar-refractivity contribution in [3.05, 3.63) is 29.0 Å². The number of hydrogen-bond acceptors (Lipinski definition) is 2. The molecule has 3 heteroatoms. The molecule has 0 bridgehead atoms. The van der Waals surface area contributed by atoms with Crippen LogP contribution in [0.25, 0.3) is 0 Å². The van der Waals surface area contributed by atoms with Crippen LogP contribution in [-0.4, -0.2) is 11.5 Å². The number of aromatic nitrogens is 1. The first-order valence-electron chi connectivity index (χ1n) is 6.62. The van der Waals surface area contributed by atoms with E-state index in [0.29, 0.717) is 11.1 Å². The van der Waals surface area contributed by atoms with Crippen LogP contribution >= 0.6 is 11.6 Å². The Morgan fingerprint density at radius 3 is 2.65 bits per heavy atom. The molecular weight excluding hydrogens is 232 g/mol. The summed E-state index contributed by atoms with van der Waals surface area (Å²) in [5.41, 5.74) is 1.11. The largest absolute Gasteiger partial charge is 0.309 e. The third-order valence-corrected chi connectivity index (χ3v) is 3.07. The van der Waals surface area contributed by atoms with Gasteiger partial charge in [-0.25, -0.2) is 0 Å². The zero-order chi connectivity index (χ0) is 12.5. The predicted molar refractivity (Wildman–Crippen MR) is 74.4 cm³/mol. The summed E-state index contributed by atoms with van der Waals surface area (Å²) in [5, 5.41) is 4.26. The zero-order valence-electron chi connectivity index (χ0n) is 10.9. The van der Waals surface area contributed by atoms with Crippen molar-refractivity contribution in [1.82, 2.24) is 10.3 Å². The highest BCUT2D eigenvalue weighted by Gasteiger charge is 2.11. The van der Waals surface area contributed by atoms with Crippen molar-refractivity contribution in [3.8, 4) is 0 Å². The Bertz CT molecular complexity index is 298. The van der Waals surface area contributed by atoms with E-state index in [1.807, 2.05) is 12.1 Å². The summed E-state index contributed by atoms with van der Waals surface area (Å²) in [6, 6.07) is 4.32. The van der Waals surface area contributed by atoms with E-state index >= 15 is 0 Å². The molecule has 0 aliphatic rings. The summed E-state index contributed by atoms with van der Waals surface area (Å²) in [7, 11) is 0. The number of pyridine rings is 1. The van der Waals surface area contributed by atoms with Crippen LogP contribution in [0.2, 0.25) is 5.02 Å². The quantitative estimate of drug-likeness (QED) is 0.698. The molecule has 1 rings (SSSR count). The molecule has 0 aliphatic heterocycles. The average molecular weight is 255 g/mol. The van der Waals surface area contributed by atoms with Crippen molar-refractivity contribution < 1.29 is 0 Å². The Morgan fingerprint density at radius 2 is 2.06 bits per heavy atom. The number of halogens is 1. The van der Waals surface area contributed by atoms with E-state index < -0.39 is 0 Å². The van der Waals surface area contributed by atoms with Crippen LogP contribution in [0, 0.1) is 0 Å². The molecule has 0 radical (unpaired) electrons. The van der Waals surface area contributed by atoms with E-state index in [4.69, 9.17) is 11.6 Å². The molecule has 1 heterocycles. The van der Waals surface area contributed by atoms with Crippen molar-refractivity contribution in [1.29, 1.82) is 0 Å². The lowest BCUT2D eigenvalue weighted by Gasteiger charge is -2.17. The Balaban J connectivity index is 2.57. The van der Waals surface area contributed by atoms with E-state index in [0.717, 1.165) is 25.1 Å². The van der Waals surface area contributed by atoms with Crippen LogP contribution in [0.5, 0.6) is 0 Å². The molecule has 1 aromatic rings. The molecule has 1 unspecified atom stereocenters. The SMILES string of the molecule is CCCCCC(NCCC)c1ccc(Cl)cn1. The van der Waals surface area contributed by atoms with Crippen LogP contribution in [0.1, 0.15) is 57.7 Å². The van der Waals surface area contributed by atoms with Gasteiger partial charge < -0.3 is 5.32 Å². The van der Waals surface area contributed by atoms with E-state index in [1.54, 1.807) is 6.20 Å². The molecule has 1 N–H and O–H groups in total. The molecule has 1 atom stereocenters. The fourth-order valence-corrected chi connectivity index (χ4v) is 1.98.